The van der Waals surface area contributed by atoms with Crippen molar-refractivity contribution in [3.05, 3.63) is 102 Å². The Morgan fingerprint density at radius 1 is 0.694 bits per heavy atom. The molecule has 0 aromatic heterocycles. The average Bonchev–Trinajstić information content (AvgIpc) is 3.03. The van der Waals surface area contributed by atoms with E-state index in [2.05, 4.69) is 80.0 Å². The molecule has 5 heteroatoms. The van der Waals surface area contributed by atoms with E-state index in [1.807, 2.05) is 48.5 Å². The molecule has 36 heavy (non-hydrogen) atoms. The molecule has 0 atom stereocenters. The van der Waals surface area contributed by atoms with Gasteiger partial charge in [0.1, 0.15) is 5.54 Å². The van der Waals surface area contributed by atoms with Gasteiger partial charge in [-0.3, -0.25) is 14.6 Å². The van der Waals surface area contributed by atoms with Crippen molar-refractivity contribution in [1.82, 2.24) is 9.80 Å². The van der Waals surface area contributed by atoms with Crippen molar-refractivity contribution in [2.75, 3.05) is 4.90 Å². The number of likely N-dealkylation sites (tertiary alicyclic amines) is 1. The summed E-state index contributed by atoms with van der Waals surface area (Å²) in [7, 11) is 0. The van der Waals surface area contributed by atoms with E-state index in [1.165, 1.54) is 5.56 Å². The van der Waals surface area contributed by atoms with E-state index < -0.39 is 5.54 Å². The largest absolute Gasteiger partial charge is 0.329 e. The summed E-state index contributed by atoms with van der Waals surface area (Å²) in [4.78, 5) is 21.1. The fourth-order valence-corrected chi connectivity index (χ4v) is 6.97. The summed E-state index contributed by atoms with van der Waals surface area (Å²) in [5, 5.41) is 0.596. The van der Waals surface area contributed by atoms with Gasteiger partial charge < -0.3 is 4.90 Å². The average molecular weight is 498 g/mol. The van der Waals surface area contributed by atoms with E-state index in [4.69, 9.17) is 12.2 Å². The highest BCUT2D eigenvalue weighted by atomic mass is 32.1. The van der Waals surface area contributed by atoms with E-state index in [9.17, 15) is 4.79 Å². The second-order valence-corrected chi connectivity index (χ2v) is 11.8. The number of carbonyl (C=O) groups is 1. The van der Waals surface area contributed by atoms with Crippen LogP contribution in [0.3, 0.4) is 0 Å². The summed E-state index contributed by atoms with van der Waals surface area (Å²) in [6, 6.07) is 30.8. The first-order valence-corrected chi connectivity index (χ1v) is 13.1. The molecule has 4 nitrogen and oxygen atoms in total. The molecule has 5 rings (SSSR count). The monoisotopic (exact) mass is 497 g/mol. The van der Waals surface area contributed by atoms with Crippen LogP contribution in [0.2, 0.25) is 0 Å². The Bertz CT molecular complexity index is 1220. The first-order valence-electron chi connectivity index (χ1n) is 12.7. The van der Waals surface area contributed by atoms with Crippen molar-refractivity contribution in [2.24, 2.45) is 0 Å². The number of amides is 1. The Hall–Kier alpha value is -3.02. The fourth-order valence-electron chi connectivity index (χ4n) is 6.54. The van der Waals surface area contributed by atoms with Gasteiger partial charge in [0.15, 0.2) is 5.11 Å². The van der Waals surface area contributed by atoms with Gasteiger partial charge in [-0.1, -0.05) is 78.9 Å². The number of carbonyl (C=O) groups excluding carboxylic acids is 1. The Kier molecular flexibility index (Phi) is 6.26. The summed E-state index contributed by atoms with van der Waals surface area (Å²) < 4.78 is 0. The number of nitrogens with zero attached hydrogens (tertiary/aromatic N) is 3. The Morgan fingerprint density at radius 2 is 1.14 bits per heavy atom. The van der Waals surface area contributed by atoms with E-state index in [-0.39, 0.29) is 17.0 Å². The molecular formula is C31H35N3OS. The van der Waals surface area contributed by atoms with E-state index in [1.54, 1.807) is 4.90 Å². The molecule has 2 saturated heterocycles. The van der Waals surface area contributed by atoms with Crippen LogP contribution in [-0.2, 0) is 17.9 Å². The highest BCUT2D eigenvalue weighted by Gasteiger charge is 2.63. The van der Waals surface area contributed by atoms with Crippen molar-refractivity contribution >= 4 is 28.9 Å². The maximum absolute atomic E-state index is 14.5. The molecule has 0 unspecified atom stereocenters. The van der Waals surface area contributed by atoms with Gasteiger partial charge in [0, 0.05) is 24.2 Å². The molecule has 2 aliphatic rings. The molecule has 0 saturated carbocycles. The standard InChI is InChI=1S/C31H35N3OS/c1-29(2)22-31(23-30(3,4)33(29)21-25-16-10-6-11-17-25)27(35)34(26-18-12-7-13-19-26)28(36)32(31)20-24-14-8-5-9-15-24/h5-19H,20-23H2,1-4H3. The van der Waals surface area contributed by atoms with Gasteiger partial charge in [-0.15, -0.1) is 0 Å². The predicted octanol–water partition coefficient (Wildman–Crippen LogP) is 6.41. The summed E-state index contributed by atoms with van der Waals surface area (Å²) in [6.45, 7) is 10.6. The third kappa shape index (κ3) is 4.25. The van der Waals surface area contributed by atoms with Crippen LogP contribution < -0.4 is 4.90 Å². The van der Waals surface area contributed by atoms with Crippen molar-refractivity contribution in [2.45, 2.75) is 70.2 Å². The number of piperidine rings is 1. The summed E-state index contributed by atoms with van der Waals surface area (Å²) in [6.07, 6.45) is 1.40. The van der Waals surface area contributed by atoms with Crippen LogP contribution in [0, 0.1) is 0 Å². The van der Waals surface area contributed by atoms with Gasteiger partial charge >= 0.3 is 0 Å². The molecule has 186 valence electrons. The zero-order valence-electron chi connectivity index (χ0n) is 21.6. The minimum atomic E-state index is -0.719. The molecule has 1 spiro atoms. The normalized spacial score (nSPS) is 20.8. The number of rotatable bonds is 5. The molecule has 3 aromatic carbocycles. The minimum absolute atomic E-state index is 0.0927. The maximum atomic E-state index is 14.5. The second kappa shape index (κ2) is 9.13. The van der Waals surface area contributed by atoms with Crippen LogP contribution in [0.1, 0.15) is 51.7 Å². The van der Waals surface area contributed by atoms with Crippen molar-refractivity contribution in [3.63, 3.8) is 0 Å². The molecule has 3 aromatic rings. The molecule has 2 heterocycles. The van der Waals surface area contributed by atoms with Gasteiger partial charge in [-0.25, -0.2) is 0 Å². The molecule has 2 aliphatic heterocycles. The van der Waals surface area contributed by atoms with Crippen LogP contribution in [0.25, 0.3) is 0 Å². The Labute approximate surface area is 220 Å². The lowest BCUT2D eigenvalue weighted by atomic mass is 9.68. The zero-order valence-corrected chi connectivity index (χ0v) is 22.5. The summed E-state index contributed by atoms with van der Waals surface area (Å²) in [5.74, 6) is 0.0927. The molecule has 0 aliphatic carbocycles. The Balaban J connectivity index is 1.58. The minimum Gasteiger partial charge on any atom is -0.329 e. The second-order valence-electron chi connectivity index (χ2n) is 11.4. The number of para-hydroxylation sites is 1. The van der Waals surface area contributed by atoms with E-state index in [0.29, 0.717) is 24.5 Å². The number of hydrogen-bond donors (Lipinski definition) is 0. The molecular weight excluding hydrogens is 462 g/mol. The fraction of sp³-hybridized carbons (Fsp3) is 0.355. The van der Waals surface area contributed by atoms with Crippen LogP contribution in [0.15, 0.2) is 91.0 Å². The summed E-state index contributed by atoms with van der Waals surface area (Å²) in [5.41, 5.74) is 2.10. The van der Waals surface area contributed by atoms with Crippen LogP contribution in [0.4, 0.5) is 5.69 Å². The predicted molar refractivity (Wildman–Crippen MR) is 151 cm³/mol. The van der Waals surface area contributed by atoms with Crippen molar-refractivity contribution in [1.29, 1.82) is 0 Å². The van der Waals surface area contributed by atoms with Gasteiger partial charge in [0.05, 0.1) is 5.69 Å². The first kappa shape index (κ1) is 24.7. The smallest absolute Gasteiger partial charge is 0.259 e. The van der Waals surface area contributed by atoms with Crippen molar-refractivity contribution < 1.29 is 4.79 Å². The lowest BCUT2D eigenvalue weighted by Crippen LogP contribution is -2.69. The molecule has 0 N–H and O–H groups in total. The number of anilines is 1. The van der Waals surface area contributed by atoms with E-state index >= 15 is 0 Å². The van der Waals surface area contributed by atoms with Crippen LogP contribution in [0.5, 0.6) is 0 Å². The first-order chi connectivity index (χ1) is 17.1. The van der Waals surface area contributed by atoms with Gasteiger partial charge in [-0.2, -0.15) is 0 Å². The third-order valence-corrected chi connectivity index (χ3v) is 8.24. The molecule has 2 fully saturated rings. The highest BCUT2D eigenvalue weighted by Crippen LogP contribution is 2.51. The van der Waals surface area contributed by atoms with Gasteiger partial charge in [-0.05, 0) is 76.0 Å². The molecule has 0 bridgehead atoms. The topological polar surface area (TPSA) is 26.8 Å². The number of benzene rings is 3. The number of hydrogen-bond acceptors (Lipinski definition) is 3. The highest BCUT2D eigenvalue weighted by molar-refractivity contribution is 7.80. The maximum Gasteiger partial charge on any atom is 0.259 e. The lowest BCUT2D eigenvalue weighted by Gasteiger charge is -2.59. The third-order valence-electron chi connectivity index (χ3n) is 7.83. The van der Waals surface area contributed by atoms with E-state index in [0.717, 1.165) is 17.8 Å². The Morgan fingerprint density at radius 3 is 1.64 bits per heavy atom. The molecule has 1 amide bonds. The number of thiocarbonyl (C=S) groups is 1. The molecule has 0 radical (unpaired) electrons. The zero-order chi connectivity index (χ0) is 25.6. The van der Waals surface area contributed by atoms with Crippen LogP contribution >= 0.6 is 12.2 Å². The van der Waals surface area contributed by atoms with Crippen molar-refractivity contribution in [3.8, 4) is 0 Å². The summed E-state index contributed by atoms with van der Waals surface area (Å²) >= 11 is 6.08. The van der Waals surface area contributed by atoms with Crippen LogP contribution in [-0.4, -0.2) is 37.4 Å². The van der Waals surface area contributed by atoms with Gasteiger partial charge in [0.25, 0.3) is 5.91 Å². The quantitative estimate of drug-likeness (QED) is 0.381. The van der Waals surface area contributed by atoms with Gasteiger partial charge in [0.2, 0.25) is 0 Å². The lowest BCUT2D eigenvalue weighted by molar-refractivity contribution is -0.141. The SMILES string of the molecule is CC1(C)CC2(CC(C)(C)N1Cc1ccccc1)C(=O)N(c1ccccc1)C(=S)N2Cc1ccccc1.